The summed E-state index contributed by atoms with van der Waals surface area (Å²) in [6.45, 7) is 11.9. The van der Waals surface area contributed by atoms with Gasteiger partial charge in [0.15, 0.2) is 56.5 Å². The number of urea groups is 3. The molecule has 0 spiro atoms. The van der Waals surface area contributed by atoms with Gasteiger partial charge < -0.3 is 71.9 Å². The van der Waals surface area contributed by atoms with Gasteiger partial charge in [0.2, 0.25) is 0 Å². The summed E-state index contributed by atoms with van der Waals surface area (Å²) in [7, 11) is 0.628. The van der Waals surface area contributed by atoms with Crippen LogP contribution in [-0.2, 0) is 9.47 Å². The molecule has 0 radical (unpaired) electrons. The zero-order chi connectivity index (χ0) is 90.4. The number of fused-ring (bicyclic) bond motifs is 15. The van der Waals surface area contributed by atoms with E-state index in [1.54, 1.807) is 55.8 Å². The van der Waals surface area contributed by atoms with Gasteiger partial charge in [0, 0.05) is 172 Å². The van der Waals surface area contributed by atoms with Crippen LogP contribution in [0.5, 0.6) is 0 Å². The first-order chi connectivity index (χ1) is 60.8. The van der Waals surface area contributed by atoms with Crippen molar-refractivity contribution in [3.63, 3.8) is 0 Å². The molecule has 0 aromatic carbocycles. The third-order valence-electron chi connectivity index (χ3n) is 23.9. The average Bonchev–Trinajstić information content (AvgIpc) is 1.66. The van der Waals surface area contributed by atoms with E-state index < -0.39 is 69.0 Å². The average molecular weight is 2090 g/mol. The van der Waals surface area contributed by atoms with Crippen LogP contribution in [0.15, 0.2) is 123 Å². The van der Waals surface area contributed by atoms with Crippen molar-refractivity contribution in [3.05, 3.63) is 152 Å². The summed E-state index contributed by atoms with van der Waals surface area (Å²) in [5.41, 5.74) is 22.5. The number of amides is 6. The number of rotatable bonds is 12. The molecule has 32 nitrogen and oxygen atoms in total. The van der Waals surface area contributed by atoms with E-state index in [4.69, 9.17) is 0 Å². The minimum absolute atomic E-state index is 0. The van der Waals surface area contributed by atoms with E-state index in [-0.39, 0.29) is 55.3 Å². The number of nitrogens with zero attached hydrogens (tertiary/aromatic N) is 18. The van der Waals surface area contributed by atoms with Gasteiger partial charge in [-0.05, 0) is 73.0 Å². The number of H-pyrrole nitrogens is 5. The third kappa shape index (κ3) is 22.3. The molecular weight excluding hydrogens is 2000 g/mol. The summed E-state index contributed by atoms with van der Waals surface area (Å²) in [4.78, 5) is 100. The number of likely N-dealkylation sites (tertiary alicyclic amines) is 3. The van der Waals surface area contributed by atoms with Gasteiger partial charge in [-0.15, -0.1) is 12.4 Å². The molecule has 6 amide bonds. The minimum atomic E-state index is -4.42. The van der Waals surface area contributed by atoms with Crippen LogP contribution in [0.4, 0.5) is 67.1 Å². The van der Waals surface area contributed by atoms with Crippen LogP contribution < -0.4 is 32.3 Å². The van der Waals surface area contributed by atoms with Crippen LogP contribution in [0.2, 0.25) is 0 Å². The van der Waals surface area contributed by atoms with E-state index in [1.165, 1.54) is 38.9 Å². The van der Waals surface area contributed by atoms with Crippen LogP contribution in [0.25, 0.3) is 84.1 Å². The number of alkyl halides is 12. The first kappa shape index (κ1) is 98.0. The molecule has 5 saturated heterocycles. The van der Waals surface area contributed by atoms with Gasteiger partial charge in [0.1, 0.15) is 19.6 Å². The third-order valence-corrected chi connectivity index (χ3v) is 23.9. The Labute approximate surface area is 764 Å². The first-order valence-electron chi connectivity index (χ1n) is 41.2. The van der Waals surface area contributed by atoms with Gasteiger partial charge in [-0.2, -0.15) is 52.7 Å². The summed E-state index contributed by atoms with van der Waals surface area (Å²) < 4.78 is 154. The van der Waals surface area contributed by atoms with Crippen molar-refractivity contribution in [3.8, 4) is 0 Å². The number of halogens is 15. The van der Waals surface area contributed by atoms with Crippen LogP contribution in [0, 0.1) is 29.6 Å². The molecule has 48 heteroatoms. The summed E-state index contributed by atoms with van der Waals surface area (Å²) in [5, 5.41) is 12.9. The van der Waals surface area contributed by atoms with Crippen LogP contribution in [-0.4, -0.2) is 246 Å². The van der Waals surface area contributed by atoms with E-state index in [0.717, 1.165) is 123 Å². The number of imidazole rings is 5. The number of carbonyl (C=O) groups excluding carboxylic acids is 3. The monoisotopic (exact) mass is 2090 g/mol. The number of aromatic amines is 5. The van der Waals surface area contributed by atoms with Gasteiger partial charge in [-0.3, -0.25) is 22.0 Å². The van der Waals surface area contributed by atoms with Crippen molar-refractivity contribution >= 4 is 155 Å². The summed E-state index contributed by atoms with van der Waals surface area (Å²) in [6, 6.07) is 7.79. The van der Waals surface area contributed by atoms with E-state index in [9.17, 15) is 67.1 Å². The Bertz CT molecular complexity index is 5970. The summed E-state index contributed by atoms with van der Waals surface area (Å²) >= 11 is 4.74. The van der Waals surface area contributed by atoms with E-state index in [0.29, 0.717) is 89.3 Å². The number of nitrogens with two attached hydrogens (primary N) is 1. The maximum atomic E-state index is 12.4. The van der Waals surface area contributed by atoms with Crippen molar-refractivity contribution < 1.29 is 76.5 Å². The fourth-order valence-corrected chi connectivity index (χ4v) is 17.7. The molecule has 129 heavy (non-hydrogen) atoms. The van der Waals surface area contributed by atoms with Gasteiger partial charge >= 0.3 is 92.2 Å². The molecule has 15 aromatic heterocycles. The van der Waals surface area contributed by atoms with Crippen molar-refractivity contribution in [1.29, 1.82) is 0 Å². The topological polar surface area (TPSA) is 377 Å². The maximum absolute atomic E-state index is 12.4. The fourth-order valence-electron chi connectivity index (χ4n) is 17.7. The number of hydrogen-bond donors (Lipinski definition) is 11. The Morgan fingerprint density at radius 2 is 0.620 bits per heavy atom. The molecule has 5 aliphatic rings. The van der Waals surface area contributed by atoms with Crippen LogP contribution >= 0.6 is 52.4 Å². The Morgan fingerprint density at radius 1 is 0.380 bits per heavy atom. The molecule has 0 unspecified atom stereocenters. The SMILES string of the molecule is C.CC[C@@H]1CN(C(=O)NCC(F)(F)F)C[C@@H]1c1cnc2cnc3[nH]ccc3n12.CC[C@@H]1CN(C(=O)NCC(F)(F)F)C[C@@H]1c1cnc2cnc3[nH]ccc3n12.CC[C@@H]1CNC[C@@H]1c1cnc2cnc3[nH]ccc3n12.CC[C@@H]1CNC[C@@H]1c1cnc2cnc3[nH]ccc3n12.C[C@@H]1CN(C(=O)NCC(F)(F)F)C[C@@H]1c1cnc2cnc3[nH]ccc3n12.Cl.NCC(F)(F)F.[I][V][I]. The van der Waals surface area contributed by atoms with Gasteiger partial charge in [-0.25, -0.2) is 64.2 Å². The Hall–Kier alpha value is -10.0. The molecule has 20 heterocycles. The molecule has 0 aliphatic carbocycles. The van der Waals surface area contributed by atoms with Gasteiger partial charge in [0.05, 0.1) is 65.1 Å². The molecule has 0 bridgehead atoms. The Morgan fingerprint density at radius 3 is 0.868 bits per heavy atom. The molecule has 12 N–H and O–H groups in total. The predicted molar refractivity (Wildman–Crippen MR) is 478 cm³/mol. The number of nitrogens with one attached hydrogen (secondary N) is 10. The summed E-state index contributed by atoms with van der Waals surface area (Å²) in [5.74, 6) is 2.80. The molecular formula is C81H98ClF12I2N29O3V. The number of aromatic nitrogens is 20. The second kappa shape index (κ2) is 42.0. The molecule has 0 saturated carbocycles. The fraction of sp³-hybridized carbons (Fsp3) is 0.469. The zero-order valence-corrected chi connectivity index (χ0v) is 76.1. The van der Waals surface area contributed by atoms with Gasteiger partial charge in [-0.1, -0.05) is 67.7 Å². The van der Waals surface area contributed by atoms with Crippen molar-refractivity contribution in [1.82, 2.24) is 138 Å². The van der Waals surface area contributed by atoms with E-state index in [1.807, 2.05) is 105 Å². The Kier molecular flexibility index (Phi) is 31.9. The Balaban J connectivity index is 0.000000143. The second-order valence-corrected chi connectivity index (χ2v) is 43.4. The predicted octanol–water partition coefficient (Wildman–Crippen LogP) is 15.5. The molecule has 695 valence electrons. The van der Waals surface area contributed by atoms with Crippen molar-refractivity contribution in [2.24, 2.45) is 35.3 Å². The first-order valence-corrected chi connectivity index (χ1v) is 50.2. The molecule has 10 atom stereocenters. The molecule has 5 fully saturated rings. The number of hydrogen-bond acceptors (Lipinski definition) is 16. The summed E-state index contributed by atoms with van der Waals surface area (Å²) in [6.07, 6.45) is 13.8. The second-order valence-electron chi connectivity index (χ2n) is 31.7. The van der Waals surface area contributed by atoms with Crippen LogP contribution in [0.3, 0.4) is 0 Å². The van der Waals surface area contributed by atoms with E-state index in [2.05, 4.69) is 166 Å². The van der Waals surface area contributed by atoms with Crippen LogP contribution in [0.1, 0.15) is 126 Å². The molecule has 15 aromatic rings. The standard InChI is InChI=1S/2C17H19F3N6O.C16H17F3N6O.2C14H17N5.C2H4F3N.CH4.ClH.2HI.V/c2*1-2-10-7-25(16(27)24-9-17(18,19)20)8-11(10)13-5-22-14-6-23-15-12(26(13)14)3-4-21-15;1-9-6-24(15(26)23-8-16(17,18)19)7-10(9)12-4-21-13-5-22-14-11(25(12)13)2-3-20-14;2*1-2-9-5-15-6-10(9)12-7-17-13-8-18-14-11(19(12)13)3-4-16-14;3-2(4,5)1-6;;;;;/h2*3-6,10-11,21H,2,7-9H2,1H3,(H,24,27);2-5,9-10,20H,6-8H2,1H3,(H,23,26);2*3-4,7-10,15-16H,2,5-6H2,1H3;1,6H2;1H4;3*1H;/q;;;;;;;;;;+2/p-2/t2*10-,11+;3*9-,10+;;;;;;/m11111....../s1. The van der Waals surface area contributed by atoms with E-state index >= 15 is 0 Å². The van der Waals surface area contributed by atoms with Gasteiger partial charge in [0.25, 0.3) is 0 Å². The molecule has 20 rings (SSSR count). The normalized spacial score (nSPS) is 20.5. The molecule has 5 aliphatic heterocycles. The van der Waals surface area contributed by atoms with Crippen molar-refractivity contribution in [2.75, 3.05) is 91.6 Å². The number of carbonyl (C=O) groups is 3. The quantitative estimate of drug-likeness (QED) is 0.0400. The van der Waals surface area contributed by atoms with Crippen molar-refractivity contribution in [2.45, 2.75) is 122 Å². The zero-order valence-electron chi connectivity index (χ0n) is 69.5.